The third kappa shape index (κ3) is 6.64. The van der Waals surface area contributed by atoms with Crippen LogP contribution in [-0.4, -0.2) is 53.6 Å². The van der Waals surface area contributed by atoms with Crippen LogP contribution in [0.5, 0.6) is 0 Å². The summed E-state index contributed by atoms with van der Waals surface area (Å²) in [6.07, 6.45) is 2.96. The van der Waals surface area contributed by atoms with E-state index in [9.17, 15) is 14.4 Å². The zero-order valence-electron chi connectivity index (χ0n) is 11.1. The van der Waals surface area contributed by atoms with Crippen molar-refractivity contribution in [2.45, 2.75) is 38.6 Å². The van der Waals surface area contributed by atoms with Gasteiger partial charge in [-0.1, -0.05) is 6.92 Å². The average molecular weight is 271 g/mol. The Balaban J connectivity index is 2.22. The van der Waals surface area contributed by atoms with E-state index < -0.39 is 12.0 Å². The second-order valence-corrected chi connectivity index (χ2v) is 4.64. The first-order valence-electron chi connectivity index (χ1n) is 6.56. The number of hydrogen-bond donors (Lipinski definition) is 3. The lowest BCUT2D eigenvalue weighted by molar-refractivity contribution is -0.137. The van der Waals surface area contributed by atoms with E-state index in [4.69, 9.17) is 5.11 Å². The lowest BCUT2D eigenvalue weighted by Gasteiger charge is -2.20. The van der Waals surface area contributed by atoms with Crippen LogP contribution in [0.2, 0.25) is 0 Å². The van der Waals surface area contributed by atoms with Crippen molar-refractivity contribution in [3.05, 3.63) is 0 Å². The van der Waals surface area contributed by atoms with Crippen LogP contribution in [0.1, 0.15) is 32.6 Å². The Morgan fingerprint density at radius 3 is 2.53 bits per heavy atom. The van der Waals surface area contributed by atoms with E-state index in [2.05, 4.69) is 10.6 Å². The minimum absolute atomic E-state index is 0.0805. The zero-order chi connectivity index (χ0) is 14.3. The Morgan fingerprint density at radius 1 is 1.32 bits per heavy atom. The third-order valence-corrected chi connectivity index (χ3v) is 2.68. The van der Waals surface area contributed by atoms with Crippen molar-refractivity contribution in [1.82, 2.24) is 15.5 Å². The van der Waals surface area contributed by atoms with Crippen LogP contribution >= 0.6 is 0 Å². The van der Waals surface area contributed by atoms with E-state index in [-0.39, 0.29) is 25.4 Å². The van der Waals surface area contributed by atoms with Crippen molar-refractivity contribution in [3.63, 3.8) is 0 Å². The van der Waals surface area contributed by atoms with Crippen LogP contribution in [0.3, 0.4) is 0 Å². The summed E-state index contributed by atoms with van der Waals surface area (Å²) in [6, 6.07) is -0.129. The Bertz CT molecular complexity index is 342. The first kappa shape index (κ1) is 15.3. The SMILES string of the molecule is CCCN(CC(=O)O)C(=O)NCCC(=O)NC1CC1. The molecule has 1 fully saturated rings. The van der Waals surface area contributed by atoms with Gasteiger partial charge in [0.25, 0.3) is 0 Å². The molecule has 7 nitrogen and oxygen atoms in total. The number of carboxylic acid groups (broad SMARTS) is 1. The fourth-order valence-electron chi connectivity index (χ4n) is 1.61. The highest BCUT2D eigenvalue weighted by atomic mass is 16.4. The van der Waals surface area contributed by atoms with Crippen LogP contribution in [0.25, 0.3) is 0 Å². The smallest absolute Gasteiger partial charge is 0.323 e. The van der Waals surface area contributed by atoms with Crippen LogP contribution in [-0.2, 0) is 9.59 Å². The molecule has 0 radical (unpaired) electrons. The van der Waals surface area contributed by atoms with Gasteiger partial charge in [0.2, 0.25) is 5.91 Å². The number of nitrogens with zero attached hydrogens (tertiary/aromatic N) is 1. The van der Waals surface area contributed by atoms with Crippen molar-refractivity contribution < 1.29 is 19.5 Å². The summed E-state index contributed by atoms with van der Waals surface area (Å²) in [5, 5.41) is 14.1. The normalized spacial score (nSPS) is 13.7. The summed E-state index contributed by atoms with van der Waals surface area (Å²) >= 11 is 0. The van der Waals surface area contributed by atoms with Crippen LogP contribution in [0, 0.1) is 0 Å². The van der Waals surface area contributed by atoms with Gasteiger partial charge in [0.05, 0.1) is 0 Å². The Hall–Kier alpha value is -1.79. The molecule has 3 N–H and O–H groups in total. The Morgan fingerprint density at radius 2 is 2.00 bits per heavy atom. The van der Waals surface area contributed by atoms with Gasteiger partial charge in [-0.3, -0.25) is 9.59 Å². The number of aliphatic carboxylic acids is 1. The maximum Gasteiger partial charge on any atom is 0.323 e. The summed E-state index contributed by atoms with van der Waals surface area (Å²) in [6.45, 7) is 2.14. The van der Waals surface area contributed by atoms with E-state index in [1.807, 2.05) is 6.92 Å². The number of rotatable bonds is 8. The quantitative estimate of drug-likeness (QED) is 0.585. The topological polar surface area (TPSA) is 98.7 Å². The molecule has 0 unspecified atom stereocenters. The second-order valence-electron chi connectivity index (χ2n) is 4.64. The van der Waals surface area contributed by atoms with Gasteiger partial charge >= 0.3 is 12.0 Å². The molecule has 7 heteroatoms. The molecule has 1 aliphatic rings. The summed E-state index contributed by atoms with van der Waals surface area (Å²) in [7, 11) is 0. The van der Waals surface area contributed by atoms with Crippen molar-refractivity contribution in [2.24, 2.45) is 0 Å². The molecular weight excluding hydrogens is 250 g/mol. The van der Waals surface area contributed by atoms with Crippen molar-refractivity contribution in [1.29, 1.82) is 0 Å². The number of carbonyl (C=O) groups is 3. The minimum Gasteiger partial charge on any atom is -0.480 e. The maximum atomic E-state index is 11.7. The predicted octanol–water partition coefficient (Wildman–Crippen LogP) is 0.161. The summed E-state index contributed by atoms with van der Waals surface area (Å²) in [5.74, 6) is -1.13. The first-order chi connectivity index (χ1) is 9.02. The molecule has 0 aliphatic heterocycles. The van der Waals surface area contributed by atoms with Gasteiger partial charge in [-0.25, -0.2) is 4.79 Å². The minimum atomic E-state index is -1.05. The molecule has 1 saturated carbocycles. The summed E-state index contributed by atoms with van der Waals surface area (Å²) in [5.41, 5.74) is 0. The number of amides is 3. The molecule has 3 amide bonds. The van der Waals surface area contributed by atoms with Gasteiger partial charge in [0, 0.05) is 25.6 Å². The molecule has 0 aromatic rings. The predicted molar refractivity (Wildman–Crippen MR) is 68.7 cm³/mol. The fraction of sp³-hybridized carbons (Fsp3) is 0.750. The van der Waals surface area contributed by atoms with Gasteiger partial charge in [-0.15, -0.1) is 0 Å². The molecule has 0 saturated heterocycles. The lowest BCUT2D eigenvalue weighted by Crippen LogP contribution is -2.44. The first-order valence-corrected chi connectivity index (χ1v) is 6.56. The van der Waals surface area contributed by atoms with Crippen LogP contribution in [0.4, 0.5) is 4.79 Å². The maximum absolute atomic E-state index is 11.7. The molecule has 1 rings (SSSR count). The number of carbonyl (C=O) groups excluding carboxylic acids is 2. The van der Waals surface area contributed by atoms with Gasteiger partial charge in [-0.2, -0.15) is 0 Å². The van der Waals surface area contributed by atoms with E-state index in [1.54, 1.807) is 0 Å². The standard InChI is InChI=1S/C12H21N3O4/c1-2-7-15(8-11(17)18)12(19)13-6-5-10(16)14-9-3-4-9/h9H,2-8H2,1H3,(H,13,19)(H,14,16)(H,17,18). The molecule has 0 aromatic carbocycles. The van der Waals surface area contributed by atoms with Crippen molar-refractivity contribution in [3.8, 4) is 0 Å². The molecule has 1 aliphatic carbocycles. The lowest BCUT2D eigenvalue weighted by atomic mass is 10.4. The molecule has 19 heavy (non-hydrogen) atoms. The molecule has 108 valence electrons. The molecule has 0 spiro atoms. The Labute approximate surface area is 112 Å². The summed E-state index contributed by atoms with van der Waals surface area (Å²) < 4.78 is 0. The number of hydrogen-bond acceptors (Lipinski definition) is 3. The van der Waals surface area contributed by atoms with Gasteiger partial charge in [0.15, 0.2) is 0 Å². The highest BCUT2D eigenvalue weighted by Crippen LogP contribution is 2.18. The Kier molecular flexibility index (Phi) is 6.11. The molecule has 0 aromatic heterocycles. The monoisotopic (exact) mass is 271 g/mol. The molecule has 0 heterocycles. The summed E-state index contributed by atoms with van der Waals surface area (Å²) in [4.78, 5) is 34.9. The average Bonchev–Trinajstić information content (AvgIpc) is 3.11. The number of carboxylic acids is 1. The third-order valence-electron chi connectivity index (χ3n) is 2.68. The number of urea groups is 1. The molecule has 0 atom stereocenters. The van der Waals surface area contributed by atoms with E-state index in [0.717, 1.165) is 12.8 Å². The van der Waals surface area contributed by atoms with Crippen molar-refractivity contribution in [2.75, 3.05) is 19.6 Å². The van der Waals surface area contributed by atoms with E-state index in [1.165, 1.54) is 4.90 Å². The number of nitrogens with one attached hydrogen (secondary N) is 2. The van der Waals surface area contributed by atoms with Crippen LogP contribution < -0.4 is 10.6 Å². The second kappa shape index (κ2) is 7.60. The van der Waals surface area contributed by atoms with E-state index in [0.29, 0.717) is 19.0 Å². The van der Waals surface area contributed by atoms with Gasteiger partial charge in [0.1, 0.15) is 6.54 Å². The van der Waals surface area contributed by atoms with Gasteiger partial charge < -0.3 is 20.6 Å². The highest BCUT2D eigenvalue weighted by Gasteiger charge is 2.23. The largest absolute Gasteiger partial charge is 0.480 e. The molecule has 0 bridgehead atoms. The van der Waals surface area contributed by atoms with Crippen LogP contribution in [0.15, 0.2) is 0 Å². The zero-order valence-corrected chi connectivity index (χ0v) is 11.1. The highest BCUT2D eigenvalue weighted by molar-refractivity contribution is 5.81. The molecular formula is C12H21N3O4. The van der Waals surface area contributed by atoms with Gasteiger partial charge in [-0.05, 0) is 19.3 Å². The van der Waals surface area contributed by atoms with Crippen molar-refractivity contribution >= 4 is 17.9 Å². The van der Waals surface area contributed by atoms with E-state index >= 15 is 0 Å². The fourth-order valence-corrected chi connectivity index (χ4v) is 1.61.